The molecule has 1 heterocycles. The van der Waals surface area contributed by atoms with Crippen LogP contribution in [0.15, 0.2) is 47.5 Å². The molecule has 7 heteroatoms. The molecule has 150 valence electrons. The third-order valence-corrected chi connectivity index (χ3v) is 4.70. The van der Waals surface area contributed by atoms with Crippen molar-refractivity contribution in [2.45, 2.75) is 19.9 Å². The molecule has 0 aliphatic rings. The van der Waals surface area contributed by atoms with E-state index in [4.69, 9.17) is 4.74 Å². The highest BCUT2D eigenvalue weighted by Gasteiger charge is 2.08. The number of nitrogens with zero attached hydrogens (tertiary/aromatic N) is 3. The molecule has 6 nitrogen and oxygen atoms in total. The Morgan fingerprint density at radius 2 is 1.96 bits per heavy atom. The number of hydrogen-bond acceptors (Lipinski definition) is 3. The van der Waals surface area contributed by atoms with Gasteiger partial charge in [0.05, 0.1) is 24.7 Å². The number of benzene rings is 2. The van der Waals surface area contributed by atoms with Gasteiger partial charge >= 0.3 is 0 Å². The van der Waals surface area contributed by atoms with E-state index in [-0.39, 0.29) is 24.0 Å². The number of aliphatic imine (C=N–C) groups is 1. The number of ether oxygens (including phenoxy) is 1. The fourth-order valence-electron chi connectivity index (χ4n) is 3.08. The summed E-state index contributed by atoms with van der Waals surface area (Å²) < 4.78 is 7.50. The maximum atomic E-state index is 5.39. The fourth-order valence-corrected chi connectivity index (χ4v) is 3.08. The first-order valence-electron chi connectivity index (χ1n) is 9.10. The van der Waals surface area contributed by atoms with Crippen molar-refractivity contribution in [3.8, 4) is 5.75 Å². The second-order valence-corrected chi connectivity index (χ2v) is 6.48. The van der Waals surface area contributed by atoms with Crippen LogP contribution in [0.3, 0.4) is 0 Å². The summed E-state index contributed by atoms with van der Waals surface area (Å²) in [5, 5.41) is 6.69. The number of rotatable bonds is 6. The number of imidazole rings is 1. The van der Waals surface area contributed by atoms with E-state index in [1.165, 1.54) is 5.56 Å². The van der Waals surface area contributed by atoms with Gasteiger partial charge in [-0.1, -0.05) is 24.3 Å². The van der Waals surface area contributed by atoms with Crippen LogP contribution >= 0.6 is 24.0 Å². The van der Waals surface area contributed by atoms with Crippen LogP contribution in [0.1, 0.15) is 17.0 Å². The van der Waals surface area contributed by atoms with E-state index in [0.717, 1.165) is 47.1 Å². The van der Waals surface area contributed by atoms with Gasteiger partial charge in [0.15, 0.2) is 5.96 Å². The van der Waals surface area contributed by atoms with Crippen LogP contribution in [-0.4, -0.2) is 36.2 Å². The van der Waals surface area contributed by atoms with Gasteiger partial charge in [0.1, 0.15) is 11.6 Å². The normalized spacial score (nSPS) is 11.2. The van der Waals surface area contributed by atoms with E-state index >= 15 is 0 Å². The highest BCUT2D eigenvalue weighted by molar-refractivity contribution is 14.0. The maximum Gasteiger partial charge on any atom is 0.191 e. The van der Waals surface area contributed by atoms with Gasteiger partial charge < -0.3 is 19.9 Å². The Bertz CT molecular complexity index is 951. The zero-order valence-corrected chi connectivity index (χ0v) is 19.2. The highest BCUT2D eigenvalue weighted by atomic mass is 127. The molecule has 0 amide bonds. The SMILES string of the molecule is CN=C(NCCc1ccc(C)c(OC)c1)NCc1nc2ccccc2n1C.I. The summed E-state index contributed by atoms with van der Waals surface area (Å²) in [5.41, 5.74) is 4.52. The van der Waals surface area contributed by atoms with Crippen molar-refractivity contribution < 1.29 is 4.74 Å². The summed E-state index contributed by atoms with van der Waals surface area (Å²) in [4.78, 5) is 8.98. The predicted octanol–water partition coefficient (Wildman–Crippen LogP) is 3.42. The van der Waals surface area contributed by atoms with Crippen molar-refractivity contribution in [3.63, 3.8) is 0 Å². The first kappa shape index (κ1) is 22.0. The van der Waals surface area contributed by atoms with Crippen LogP contribution in [0.5, 0.6) is 5.75 Å². The van der Waals surface area contributed by atoms with Crippen molar-refractivity contribution in [1.82, 2.24) is 20.2 Å². The molecule has 0 bridgehead atoms. The van der Waals surface area contributed by atoms with E-state index in [1.54, 1.807) is 14.2 Å². The van der Waals surface area contributed by atoms with E-state index in [1.807, 2.05) is 32.2 Å². The molecule has 2 aromatic carbocycles. The number of nitrogens with one attached hydrogen (secondary N) is 2. The summed E-state index contributed by atoms with van der Waals surface area (Å²) in [5.74, 6) is 2.67. The van der Waals surface area contributed by atoms with Gasteiger partial charge in [0.2, 0.25) is 0 Å². The lowest BCUT2D eigenvalue weighted by molar-refractivity contribution is 0.411. The Kier molecular flexibility index (Phi) is 8.10. The number of aryl methyl sites for hydroxylation is 2. The molecule has 0 spiro atoms. The number of fused-ring (bicyclic) bond motifs is 1. The number of halogens is 1. The van der Waals surface area contributed by atoms with Crippen LogP contribution in [0.4, 0.5) is 0 Å². The smallest absolute Gasteiger partial charge is 0.191 e. The molecule has 0 aliphatic heterocycles. The summed E-state index contributed by atoms with van der Waals surface area (Å²) in [6, 6.07) is 14.5. The second kappa shape index (κ2) is 10.3. The number of aromatic nitrogens is 2. The van der Waals surface area contributed by atoms with E-state index in [9.17, 15) is 0 Å². The average molecular weight is 493 g/mol. The number of para-hydroxylation sites is 2. The third-order valence-electron chi connectivity index (χ3n) is 4.70. The molecule has 0 fully saturated rings. The quantitative estimate of drug-likeness (QED) is 0.314. The molecule has 0 radical (unpaired) electrons. The van der Waals surface area contributed by atoms with Gasteiger partial charge in [-0.2, -0.15) is 0 Å². The molecular formula is C21H28IN5O. The minimum Gasteiger partial charge on any atom is -0.496 e. The van der Waals surface area contributed by atoms with Crippen molar-refractivity contribution in [2.24, 2.45) is 12.0 Å². The van der Waals surface area contributed by atoms with E-state index < -0.39 is 0 Å². The summed E-state index contributed by atoms with van der Waals surface area (Å²) in [6.07, 6.45) is 0.892. The minimum atomic E-state index is 0. The lowest BCUT2D eigenvalue weighted by atomic mass is 10.1. The Labute approximate surface area is 183 Å². The average Bonchev–Trinajstić information content (AvgIpc) is 3.01. The van der Waals surface area contributed by atoms with Crippen LogP contribution < -0.4 is 15.4 Å². The second-order valence-electron chi connectivity index (χ2n) is 6.48. The van der Waals surface area contributed by atoms with Gasteiger partial charge in [-0.15, -0.1) is 24.0 Å². The molecule has 3 rings (SSSR count). The zero-order valence-electron chi connectivity index (χ0n) is 16.8. The third kappa shape index (κ3) is 5.15. The number of methoxy groups -OCH3 is 1. The van der Waals surface area contributed by atoms with Gasteiger partial charge in [-0.3, -0.25) is 4.99 Å². The molecule has 0 saturated carbocycles. The van der Waals surface area contributed by atoms with Gasteiger partial charge in [0.25, 0.3) is 0 Å². The molecule has 0 unspecified atom stereocenters. The standard InChI is InChI=1S/C21H27N5O.HI/c1-15-9-10-16(13-19(15)27-4)11-12-23-21(22-2)24-14-20-25-17-7-5-6-8-18(17)26(20)3;/h5-10,13H,11-12,14H2,1-4H3,(H2,22,23,24);1H. The largest absolute Gasteiger partial charge is 0.496 e. The van der Waals surface area contributed by atoms with Crippen molar-refractivity contribution >= 4 is 41.0 Å². The Morgan fingerprint density at radius 3 is 2.68 bits per heavy atom. The van der Waals surface area contributed by atoms with E-state index in [2.05, 4.69) is 49.4 Å². The molecule has 1 aromatic heterocycles. The van der Waals surface area contributed by atoms with Crippen LogP contribution in [-0.2, 0) is 20.0 Å². The van der Waals surface area contributed by atoms with Gasteiger partial charge in [-0.25, -0.2) is 4.98 Å². The molecule has 3 aromatic rings. The summed E-state index contributed by atoms with van der Waals surface area (Å²) >= 11 is 0. The van der Waals surface area contributed by atoms with Crippen molar-refractivity contribution in [1.29, 1.82) is 0 Å². The van der Waals surface area contributed by atoms with Crippen molar-refractivity contribution in [2.75, 3.05) is 20.7 Å². The minimum absolute atomic E-state index is 0. The topological polar surface area (TPSA) is 63.5 Å². The first-order chi connectivity index (χ1) is 13.1. The molecule has 0 aliphatic carbocycles. The summed E-state index contributed by atoms with van der Waals surface area (Å²) in [6.45, 7) is 3.45. The van der Waals surface area contributed by atoms with Gasteiger partial charge in [-0.05, 0) is 42.7 Å². The predicted molar refractivity (Wildman–Crippen MR) is 126 cm³/mol. The monoisotopic (exact) mass is 493 g/mol. The lowest BCUT2D eigenvalue weighted by Gasteiger charge is -2.12. The molecular weight excluding hydrogens is 465 g/mol. The molecule has 0 atom stereocenters. The van der Waals surface area contributed by atoms with Crippen LogP contribution in [0.25, 0.3) is 11.0 Å². The maximum absolute atomic E-state index is 5.39. The Morgan fingerprint density at radius 1 is 1.18 bits per heavy atom. The van der Waals surface area contributed by atoms with Crippen molar-refractivity contribution in [3.05, 3.63) is 59.4 Å². The zero-order chi connectivity index (χ0) is 19.2. The molecule has 28 heavy (non-hydrogen) atoms. The Hall–Kier alpha value is -2.29. The van der Waals surface area contributed by atoms with Crippen LogP contribution in [0.2, 0.25) is 0 Å². The highest BCUT2D eigenvalue weighted by Crippen LogP contribution is 2.19. The number of guanidine groups is 1. The Balaban J connectivity index is 0.00000280. The lowest BCUT2D eigenvalue weighted by Crippen LogP contribution is -2.38. The van der Waals surface area contributed by atoms with Crippen LogP contribution in [0, 0.1) is 6.92 Å². The van der Waals surface area contributed by atoms with E-state index in [0.29, 0.717) is 6.54 Å². The summed E-state index contributed by atoms with van der Waals surface area (Å²) in [7, 11) is 5.52. The number of hydrogen-bond donors (Lipinski definition) is 2. The fraction of sp³-hybridized carbons (Fsp3) is 0.333. The molecule has 2 N–H and O–H groups in total. The first-order valence-corrected chi connectivity index (χ1v) is 9.10. The van der Waals surface area contributed by atoms with Gasteiger partial charge in [0, 0.05) is 20.6 Å². The molecule has 0 saturated heterocycles.